The summed E-state index contributed by atoms with van der Waals surface area (Å²) >= 11 is 0. The van der Waals surface area contributed by atoms with Crippen LogP contribution in [-0.4, -0.2) is 34.9 Å². The highest BCUT2D eigenvalue weighted by atomic mass is 15.0. The molecule has 3 aliphatic rings. The summed E-state index contributed by atoms with van der Waals surface area (Å²) in [6.45, 7) is 19.0. The Balaban J connectivity index is 0.000000120. The molecule has 0 radical (unpaired) electrons. The van der Waals surface area contributed by atoms with E-state index in [1.165, 1.54) is 106 Å². The summed E-state index contributed by atoms with van der Waals surface area (Å²) in [5.74, 6) is 2.70. The maximum atomic E-state index is 5.22. The van der Waals surface area contributed by atoms with Crippen LogP contribution in [-0.2, 0) is 32.5 Å². The smallest absolute Gasteiger partial charge is 0.164 e. The first kappa shape index (κ1) is 90.9. The molecule has 0 saturated carbocycles. The molecule has 20 aromatic carbocycles. The molecule has 0 fully saturated rings. The molecule has 0 unspecified atom stereocenters. The predicted molar refractivity (Wildman–Crippen MR) is 605 cm³/mol. The van der Waals surface area contributed by atoms with E-state index in [2.05, 4.69) is 486 Å². The fourth-order valence-corrected chi connectivity index (χ4v) is 23.5. The van der Waals surface area contributed by atoms with Gasteiger partial charge < -0.3 is 0 Å². The van der Waals surface area contributed by atoms with E-state index in [9.17, 15) is 0 Å². The van der Waals surface area contributed by atoms with Gasteiger partial charge in [-0.05, 0) is 203 Å². The first-order chi connectivity index (χ1) is 71.4. The number of benzene rings is 20. The Morgan fingerprint density at radius 2 is 0.452 bits per heavy atom. The maximum Gasteiger partial charge on any atom is 0.164 e. The van der Waals surface area contributed by atoms with Crippen molar-refractivity contribution < 1.29 is 0 Å². The van der Waals surface area contributed by atoms with E-state index in [4.69, 9.17) is 34.9 Å². The lowest BCUT2D eigenvalue weighted by Gasteiger charge is -2.57. The average molecular weight is 1880 g/mol. The predicted octanol–water partition coefficient (Wildman–Crippen LogP) is 34.8. The van der Waals surface area contributed by atoms with Crippen LogP contribution in [0.5, 0.6) is 0 Å². The van der Waals surface area contributed by atoms with Crippen LogP contribution in [0.4, 0.5) is 0 Å². The summed E-state index contributed by atoms with van der Waals surface area (Å²) in [6.07, 6.45) is 0. The molecule has 26 rings (SSSR count). The van der Waals surface area contributed by atoms with Crippen molar-refractivity contribution in [3.63, 3.8) is 0 Å². The van der Waals surface area contributed by atoms with Crippen LogP contribution in [0, 0.1) is 0 Å². The van der Waals surface area contributed by atoms with E-state index in [-0.39, 0.29) is 21.7 Å². The maximum absolute atomic E-state index is 5.22. The lowest BCUT2D eigenvalue weighted by atomic mass is 9.43. The highest BCUT2D eigenvalue weighted by Gasteiger charge is 2.61. The third kappa shape index (κ3) is 15.4. The fourth-order valence-electron chi connectivity index (χ4n) is 23.5. The molecular formula is C139H107N7. The van der Waals surface area contributed by atoms with Gasteiger partial charge in [-0.3, -0.25) is 0 Å². The van der Waals surface area contributed by atoms with Crippen molar-refractivity contribution in [1.82, 2.24) is 34.9 Å². The standard InChI is InChI=1S/C58H40N2.C43H35N3.C38H32N2/c1-7-21-41(22-8-1)55-50-37-35-44(40-54(50)59-56(60-55)42-23-9-2-10-24-42)43-36-38-53-51(39-43)49-33-19-20-34-52(49)57(45-25-11-3-12-26-45,46-27-13-4-14-28-46)58(53,47-29-15-5-16-30-47)48-31-17-6-18-32-48;1-42(2)36-24-14-13-22-33(36)38-32(23-15-25-37(38)43(42,3)4)34-26-30-20-11-12-21-31(30)27-35(34)41-45-39(28-16-7-5-8-17-28)44-40(46-41)29-18-9-6-10-19-29;1-37(2)31-18-12-11-17-29(31)30-23-27(19-21-32(30)38(37,3)4)28-20-22-33-34(24-28)40-36(26-15-9-6-10-16-26)35(39-33)25-13-7-5-8-14-25/h1-40H;5-27H,1-4H3;5-24H,1-4H3. The molecule has 3 heterocycles. The molecule has 23 aromatic rings. The van der Waals surface area contributed by atoms with Gasteiger partial charge in [0.2, 0.25) is 0 Å². The molecule has 0 aliphatic heterocycles. The summed E-state index contributed by atoms with van der Waals surface area (Å²) in [7, 11) is 0. The molecule has 698 valence electrons. The second-order valence-corrected chi connectivity index (χ2v) is 40.8. The molecule has 0 atom stereocenters. The number of aromatic nitrogens is 7. The summed E-state index contributed by atoms with van der Waals surface area (Å²) in [5, 5.41) is 3.36. The third-order valence-electron chi connectivity index (χ3n) is 32.1. The lowest BCUT2D eigenvalue weighted by Crippen LogP contribution is -2.54. The Morgan fingerprint density at radius 1 is 0.151 bits per heavy atom. The molecule has 0 spiro atoms. The van der Waals surface area contributed by atoms with Crippen LogP contribution in [0.3, 0.4) is 0 Å². The normalized spacial score (nSPS) is 14.2. The van der Waals surface area contributed by atoms with Crippen molar-refractivity contribution in [3.05, 3.63) is 559 Å². The average Bonchev–Trinajstić information content (AvgIpc) is 0.656. The number of hydrogen-bond donors (Lipinski definition) is 0. The highest BCUT2D eigenvalue weighted by Crippen LogP contribution is 2.67. The van der Waals surface area contributed by atoms with Gasteiger partial charge in [0.05, 0.1) is 44.5 Å². The van der Waals surface area contributed by atoms with E-state index in [0.717, 1.165) is 106 Å². The monoisotopic (exact) mass is 1870 g/mol. The molecule has 7 nitrogen and oxygen atoms in total. The van der Waals surface area contributed by atoms with Crippen molar-refractivity contribution in [1.29, 1.82) is 0 Å². The fraction of sp³-hybridized carbons (Fsp3) is 0.101. The van der Waals surface area contributed by atoms with Crippen molar-refractivity contribution in [2.24, 2.45) is 0 Å². The largest absolute Gasteiger partial charge is 0.244 e. The Morgan fingerprint density at radius 3 is 0.925 bits per heavy atom. The molecule has 0 N–H and O–H groups in total. The zero-order valence-corrected chi connectivity index (χ0v) is 83.1. The van der Waals surface area contributed by atoms with E-state index >= 15 is 0 Å². The minimum absolute atomic E-state index is 0.00248. The number of rotatable bonds is 14. The molecule has 0 bridgehead atoms. The molecule has 3 aromatic heterocycles. The topological polar surface area (TPSA) is 90.2 Å². The quantitative estimate of drug-likeness (QED) is 0.107. The van der Waals surface area contributed by atoms with Crippen molar-refractivity contribution in [3.8, 4) is 146 Å². The van der Waals surface area contributed by atoms with Gasteiger partial charge in [-0.25, -0.2) is 34.9 Å². The summed E-state index contributed by atoms with van der Waals surface area (Å²) < 4.78 is 0. The highest BCUT2D eigenvalue weighted by molar-refractivity contribution is 6.03. The van der Waals surface area contributed by atoms with E-state index in [1.54, 1.807) is 0 Å². The first-order valence-corrected chi connectivity index (χ1v) is 50.6. The minimum atomic E-state index is -0.688. The first-order valence-electron chi connectivity index (χ1n) is 50.6. The third-order valence-corrected chi connectivity index (χ3v) is 32.1. The van der Waals surface area contributed by atoms with Crippen molar-refractivity contribution in [2.45, 2.75) is 87.9 Å². The van der Waals surface area contributed by atoms with Gasteiger partial charge in [-0.15, -0.1) is 0 Å². The van der Waals surface area contributed by atoms with Gasteiger partial charge in [-0.1, -0.05) is 510 Å². The van der Waals surface area contributed by atoms with Gasteiger partial charge in [-0.2, -0.15) is 0 Å². The second kappa shape index (κ2) is 37.0. The van der Waals surface area contributed by atoms with E-state index in [0.29, 0.717) is 23.3 Å². The van der Waals surface area contributed by atoms with E-state index < -0.39 is 10.8 Å². The molecule has 3 aliphatic carbocycles. The molecule has 0 amide bonds. The van der Waals surface area contributed by atoms with Gasteiger partial charge in [0.25, 0.3) is 0 Å². The zero-order valence-electron chi connectivity index (χ0n) is 83.1. The summed E-state index contributed by atoms with van der Waals surface area (Å²) in [5.41, 5.74) is 38.7. The summed E-state index contributed by atoms with van der Waals surface area (Å²) in [4.78, 5) is 36.0. The number of hydrogen-bond acceptors (Lipinski definition) is 7. The van der Waals surface area contributed by atoms with Crippen LogP contribution in [0.15, 0.2) is 504 Å². The van der Waals surface area contributed by atoms with Crippen LogP contribution in [0.1, 0.15) is 111 Å². The SMILES string of the molecule is CC1(C)c2ccccc2-c2c(-c3cc4ccccc4cc3-c3nc(-c4ccccc4)nc(-c4ccccc4)n3)cccc2C1(C)C.CC1(C)c2ccccc2-c2cc(-c3ccc4nc(-c5ccccc5)c(-c5ccccc5)nc4c3)ccc2C1(C)C.c1ccc(-c2nc(-c3ccccc3)c3ccc(-c4ccc5c(c4)-c4ccccc4C(c4ccccc4)(c4ccccc4)C5(c4ccccc4)c4ccccc4)cc3n2)cc1. The van der Waals surface area contributed by atoms with Crippen LogP contribution < -0.4 is 0 Å². The lowest BCUT2D eigenvalue weighted by molar-refractivity contribution is 0.299. The van der Waals surface area contributed by atoms with Crippen molar-refractivity contribution >= 4 is 32.7 Å². The molecule has 0 saturated heterocycles. The summed E-state index contributed by atoms with van der Waals surface area (Å²) in [6, 6.07) is 181. The second-order valence-electron chi connectivity index (χ2n) is 40.8. The van der Waals surface area contributed by atoms with Gasteiger partial charge >= 0.3 is 0 Å². The van der Waals surface area contributed by atoms with E-state index in [1.807, 2.05) is 72.8 Å². The van der Waals surface area contributed by atoms with Gasteiger partial charge in [0, 0.05) is 44.3 Å². The van der Waals surface area contributed by atoms with Gasteiger partial charge in [0.15, 0.2) is 23.3 Å². The Labute approximate surface area is 854 Å². The molecule has 7 heteroatoms. The zero-order chi connectivity index (χ0) is 98.9. The Bertz CT molecular complexity index is 8730. The number of fused-ring (bicyclic) bond motifs is 12. The molecular weight excluding hydrogens is 1770 g/mol. The molecule has 146 heavy (non-hydrogen) atoms. The van der Waals surface area contributed by atoms with Crippen molar-refractivity contribution in [2.75, 3.05) is 0 Å². The van der Waals surface area contributed by atoms with Crippen LogP contribution in [0.25, 0.3) is 179 Å². The minimum Gasteiger partial charge on any atom is -0.244 e. The Hall–Kier alpha value is -17.7. The Kier molecular flexibility index (Phi) is 23.0. The van der Waals surface area contributed by atoms with Crippen LogP contribution >= 0.6 is 0 Å². The van der Waals surface area contributed by atoms with Crippen LogP contribution in [0.2, 0.25) is 0 Å². The van der Waals surface area contributed by atoms with Gasteiger partial charge in [0.1, 0.15) is 0 Å². The number of nitrogens with zero attached hydrogens (tertiary/aromatic N) is 7.